The first-order valence-electron chi connectivity index (χ1n) is 6.31. The zero-order valence-corrected chi connectivity index (χ0v) is 11.6. The maximum atomic E-state index is 12.5. The Balaban J connectivity index is 2.38. The summed E-state index contributed by atoms with van der Waals surface area (Å²) in [5.74, 6) is -0.596. The SMILES string of the molecule is Cc1ccc(C(=O)N(C(=N)N)c2ccc(C)cc2)cc1. The fourth-order valence-corrected chi connectivity index (χ4v) is 1.88. The third-order valence-electron chi connectivity index (χ3n) is 3.03. The van der Waals surface area contributed by atoms with Crippen LogP contribution in [0.3, 0.4) is 0 Å². The van der Waals surface area contributed by atoms with Crippen molar-refractivity contribution < 1.29 is 4.79 Å². The molecule has 1 amide bonds. The van der Waals surface area contributed by atoms with Gasteiger partial charge < -0.3 is 5.73 Å². The lowest BCUT2D eigenvalue weighted by Crippen LogP contribution is -2.41. The molecule has 102 valence electrons. The number of anilines is 1. The number of hydrogen-bond acceptors (Lipinski definition) is 2. The normalized spacial score (nSPS) is 10.1. The molecule has 0 spiro atoms. The van der Waals surface area contributed by atoms with Crippen LogP contribution in [0, 0.1) is 19.3 Å². The van der Waals surface area contributed by atoms with Crippen LogP contribution in [-0.2, 0) is 0 Å². The molecule has 0 aliphatic carbocycles. The third-order valence-corrected chi connectivity index (χ3v) is 3.03. The van der Waals surface area contributed by atoms with E-state index in [2.05, 4.69) is 0 Å². The van der Waals surface area contributed by atoms with Crippen molar-refractivity contribution in [3.8, 4) is 0 Å². The van der Waals surface area contributed by atoms with Crippen molar-refractivity contribution >= 4 is 17.6 Å². The van der Waals surface area contributed by atoms with E-state index in [0.717, 1.165) is 11.1 Å². The highest BCUT2D eigenvalue weighted by molar-refractivity contribution is 6.20. The van der Waals surface area contributed by atoms with E-state index < -0.39 is 0 Å². The predicted molar refractivity (Wildman–Crippen MR) is 81.1 cm³/mol. The van der Waals surface area contributed by atoms with Gasteiger partial charge in [-0.1, -0.05) is 35.4 Å². The van der Waals surface area contributed by atoms with Gasteiger partial charge in [-0.2, -0.15) is 0 Å². The number of carbonyl (C=O) groups excluding carboxylic acids is 1. The summed E-state index contributed by atoms with van der Waals surface area (Å²) in [6.07, 6.45) is 0. The number of carbonyl (C=O) groups is 1. The van der Waals surface area contributed by atoms with Crippen molar-refractivity contribution in [2.75, 3.05) is 4.90 Å². The van der Waals surface area contributed by atoms with Crippen LogP contribution in [-0.4, -0.2) is 11.9 Å². The van der Waals surface area contributed by atoms with E-state index in [0.29, 0.717) is 11.3 Å². The summed E-state index contributed by atoms with van der Waals surface area (Å²) in [7, 11) is 0. The van der Waals surface area contributed by atoms with Crippen molar-refractivity contribution in [2.45, 2.75) is 13.8 Å². The second kappa shape index (κ2) is 5.57. The number of hydrogen-bond donors (Lipinski definition) is 2. The summed E-state index contributed by atoms with van der Waals surface area (Å²) in [5, 5.41) is 7.65. The van der Waals surface area contributed by atoms with E-state index in [1.807, 2.05) is 38.1 Å². The number of nitrogens with one attached hydrogen (secondary N) is 1. The molecule has 4 heteroatoms. The van der Waals surface area contributed by atoms with Gasteiger partial charge in [0.2, 0.25) is 0 Å². The average molecular weight is 267 g/mol. The minimum atomic E-state index is -0.304. The van der Waals surface area contributed by atoms with Gasteiger partial charge >= 0.3 is 0 Å². The van der Waals surface area contributed by atoms with E-state index in [4.69, 9.17) is 11.1 Å². The minimum Gasteiger partial charge on any atom is -0.369 e. The molecular weight excluding hydrogens is 250 g/mol. The van der Waals surface area contributed by atoms with Crippen LogP contribution >= 0.6 is 0 Å². The number of benzene rings is 2. The maximum Gasteiger partial charge on any atom is 0.265 e. The van der Waals surface area contributed by atoms with E-state index in [1.165, 1.54) is 4.90 Å². The van der Waals surface area contributed by atoms with Crippen LogP contribution in [0.15, 0.2) is 48.5 Å². The van der Waals surface area contributed by atoms with Crippen LogP contribution < -0.4 is 10.6 Å². The van der Waals surface area contributed by atoms with Gasteiger partial charge in [0, 0.05) is 5.56 Å². The van der Waals surface area contributed by atoms with Gasteiger partial charge in [0.15, 0.2) is 5.96 Å². The van der Waals surface area contributed by atoms with E-state index in [9.17, 15) is 4.79 Å². The van der Waals surface area contributed by atoms with Crippen LogP contribution in [0.5, 0.6) is 0 Å². The van der Waals surface area contributed by atoms with E-state index >= 15 is 0 Å². The van der Waals surface area contributed by atoms with Crippen LogP contribution in [0.25, 0.3) is 0 Å². The number of amides is 1. The van der Waals surface area contributed by atoms with Crippen molar-refractivity contribution in [3.63, 3.8) is 0 Å². The molecule has 2 aromatic rings. The molecule has 0 unspecified atom stereocenters. The van der Waals surface area contributed by atoms with Crippen molar-refractivity contribution in [3.05, 3.63) is 65.2 Å². The van der Waals surface area contributed by atoms with Gasteiger partial charge in [-0.3, -0.25) is 10.2 Å². The second-order valence-corrected chi connectivity index (χ2v) is 4.73. The van der Waals surface area contributed by atoms with Gasteiger partial charge in [-0.05, 0) is 38.1 Å². The molecule has 0 bridgehead atoms. The van der Waals surface area contributed by atoms with E-state index in [1.54, 1.807) is 24.3 Å². The molecule has 0 aliphatic heterocycles. The maximum absolute atomic E-state index is 12.5. The number of guanidine groups is 1. The monoisotopic (exact) mass is 267 g/mol. The van der Waals surface area contributed by atoms with Crippen molar-refractivity contribution in [2.24, 2.45) is 5.73 Å². The molecule has 0 saturated heterocycles. The van der Waals surface area contributed by atoms with Gasteiger partial charge in [0.25, 0.3) is 5.91 Å². The molecule has 0 fully saturated rings. The second-order valence-electron chi connectivity index (χ2n) is 4.73. The first kappa shape index (κ1) is 13.8. The molecule has 20 heavy (non-hydrogen) atoms. The number of aryl methyl sites for hydroxylation is 2. The number of nitrogens with zero attached hydrogens (tertiary/aromatic N) is 1. The highest BCUT2D eigenvalue weighted by Gasteiger charge is 2.20. The molecule has 0 aliphatic rings. The smallest absolute Gasteiger partial charge is 0.265 e. The van der Waals surface area contributed by atoms with Gasteiger partial charge in [-0.25, -0.2) is 4.90 Å². The Hall–Kier alpha value is -2.62. The summed E-state index contributed by atoms with van der Waals surface area (Å²) < 4.78 is 0. The predicted octanol–water partition coefficient (Wildman–Crippen LogP) is 2.84. The Morgan fingerprint density at radius 3 is 1.85 bits per heavy atom. The minimum absolute atomic E-state index is 0.292. The van der Waals surface area contributed by atoms with Crippen molar-refractivity contribution in [1.82, 2.24) is 0 Å². The van der Waals surface area contributed by atoms with E-state index in [-0.39, 0.29) is 11.9 Å². The fourth-order valence-electron chi connectivity index (χ4n) is 1.88. The Morgan fingerprint density at radius 2 is 1.40 bits per heavy atom. The zero-order valence-electron chi connectivity index (χ0n) is 11.6. The number of nitrogens with two attached hydrogens (primary N) is 1. The first-order valence-corrected chi connectivity index (χ1v) is 6.31. The summed E-state index contributed by atoms with van der Waals surface area (Å²) in [6.45, 7) is 3.92. The lowest BCUT2D eigenvalue weighted by molar-refractivity contribution is 0.100. The molecule has 0 heterocycles. The quantitative estimate of drug-likeness (QED) is 0.649. The molecular formula is C16H17N3O. The summed E-state index contributed by atoms with van der Waals surface area (Å²) in [4.78, 5) is 13.7. The highest BCUT2D eigenvalue weighted by Crippen LogP contribution is 2.18. The summed E-state index contributed by atoms with van der Waals surface area (Å²) in [5.41, 5.74) is 8.82. The van der Waals surface area contributed by atoms with Gasteiger partial charge in [0.1, 0.15) is 0 Å². The number of rotatable bonds is 2. The Morgan fingerprint density at radius 1 is 0.950 bits per heavy atom. The lowest BCUT2D eigenvalue weighted by Gasteiger charge is -2.21. The van der Waals surface area contributed by atoms with Crippen LogP contribution in [0.4, 0.5) is 5.69 Å². The van der Waals surface area contributed by atoms with Gasteiger partial charge in [-0.15, -0.1) is 0 Å². The third kappa shape index (κ3) is 2.85. The highest BCUT2D eigenvalue weighted by atomic mass is 16.2. The Labute approximate surface area is 118 Å². The largest absolute Gasteiger partial charge is 0.369 e. The molecule has 2 rings (SSSR count). The lowest BCUT2D eigenvalue weighted by atomic mass is 10.1. The topological polar surface area (TPSA) is 70.2 Å². The Kier molecular flexibility index (Phi) is 3.84. The van der Waals surface area contributed by atoms with Gasteiger partial charge in [0.05, 0.1) is 5.69 Å². The molecule has 0 radical (unpaired) electrons. The molecule has 0 atom stereocenters. The first-order chi connectivity index (χ1) is 9.49. The fraction of sp³-hybridized carbons (Fsp3) is 0.125. The van der Waals surface area contributed by atoms with Crippen LogP contribution in [0.2, 0.25) is 0 Å². The molecule has 3 N–H and O–H groups in total. The molecule has 4 nitrogen and oxygen atoms in total. The molecule has 0 saturated carbocycles. The molecule has 0 aromatic heterocycles. The van der Waals surface area contributed by atoms with Crippen LogP contribution in [0.1, 0.15) is 21.5 Å². The average Bonchev–Trinajstić information content (AvgIpc) is 2.41. The summed E-state index contributed by atoms with van der Waals surface area (Å²) >= 11 is 0. The van der Waals surface area contributed by atoms with Crippen molar-refractivity contribution in [1.29, 1.82) is 5.41 Å². The molecule has 2 aromatic carbocycles. The zero-order chi connectivity index (χ0) is 14.7. The Bertz CT molecular complexity index is 630. The standard InChI is InChI=1S/C16H17N3O/c1-11-3-7-13(8-4-11)15(20)19(16(17)18)14-9-5-12(2)6-10-14/h3-10H,1-2H3,(H3,17,18). The summed E-state index contributed by atoms with van der Waals surface area (Å²) in [6, 6.07) is 14.5.